The fourth-order valence-electron chi connectivity index (χ4n) is 1.07. The van der Waals surface area contributed by atoms with Crippen LogP contribution in [0.25, 0.3) is 0 Å². The van der Waals surface area contributed by atoms with Gasteiger partial charge in [0.05, 0.1) is 11.9 Å². The lowest BCUT2D eigenvalue weighted by atomic mass is 10.3. The topological polar surface area (TPSA) is 56.0 Å². The molecule has 2 N–H and O–H groups in total. The molecule has 5 heteroatoms. The van der Waals surface area contributed by atoms with Crippen LogP contribution in [-0.2, 0) is 16.6 Å². The number of halogens is 1. The summed E-state index contributed by atoms with van der Waals surface area (Å²) in [7, 11) is -1.04. The summed E-state index contributed by atoms with van der Waals surface area (Å²) in [5, 5.41) is 0. The van der Waals surface area contributed by atoms with Crippen LogP contribution in [0.5, 0.6) is 0 Å². The van der Waals surface area contributed by atoms with Gasteiger partial charge in [-0.2, -0.15) is 0 Å². The van der Waals surface area contributed by atoms with Gasteiger partial charge in [0.2, 0.25) is 0 Å². The monoisotopic (exact) mass is 216 g/mol. The second kappa shape index (κ2) is 5.17. The molecule has 1 aromatic rings. The van der Waals surface area contributed by atoms with Gasteiger partial charge in [0.15, 0.2) is 0 Å². The van der Waals surface area contributed by atoms with Crippen molar-refractivity contribution in [2.45, 2.75) is 18.7 Å². The molecule has 0 aliphatic rings. The van der Waals surface area contributed by atoms with Crippen LogP contribution in [0.3, 0.4) is 0 Å². The molecule has 0 saturated carbocycles. The molecule has 0 bridgehead atoms. The number of pyridine rings is 1. The smallest absolute Gasteiger partial charge is 0.141 e. The lowest BCUT2D eigenvalue weighted by molar-refractivity contribution is 0.619. The van der Waals surface area contributed by atoms with Gasteiger partial charge < -0.3 is 5.73 Å². The second-order valence-corrected chi connectivity index (χ2v) is 4.74. The Kier molecular flexibility index (Phi) is 4.16. The lowest BCUT2D eigenvalue weighted by Crippen LogP contribution is -2.23. The van der Waals surface area contributed by atoms with Gasteiger partial charge in [-0.1, -0.05) is 0 Å². The van der Waals surface area contributed by atoms with Gasteiger partial charge in [-0.25, -0.2) is 4.39 Å². The van der Waals surface area contributed by atoms with E-state index in [2.05, 4.69) is 4.98 Å². The summed E-state index contributed by atoms with van der Waals surface area (Å²) in [6.45, 7) is 1.79. The molecule has 1 aromatic heterocycles. The average molecular weight is 216 g/mol. The number of hydrogen-bond acceptors (Lipinski definition) is 3. The summed E-state index contributed by atoms with van der Waals surface area (Å²) in [4.78, 5) is 3.68. The SMILES string of the molecule is CC(N)CS(=O)Cc1cncc(F)c1. The van der Waals surface area contributed by atoms with Gasteiger partial charge in [-0.15, -0.1) is 0 Å². The van der Waals surface area contributed by atoms with Gasteiger partial charge in [0, 0.05) is 28.8 Å². The molecule has 0 aliphatic heterocycles. The Labute approximate surface area is 85.0 Å². The van der Waals surface area contributed by atoms with E-state index in [4.69, 9.17) is 5.73 Å². The van der Waals surface area contributed by atoms with Crippen molar-refractivity contribution in [2.75, 3.05) is 5.75 Å². The van der Waals surface area contributed by atoms with Crippen LogP contribution < -0.4 is 5.73 Å². The third kappa shape index (κ3) is 3.93. The van der Waals surface area contributed by atoms with E-state index in [0.29, 0.717) is 17.1 Å². The third-order valence-corrected chi connectivity index (χ3v) is 3.09. The highest BCUT2D eigenvalue weighted by Gasteiger charge is 2.05. The Morgan fingerprint density at radius 3 is 2.93 bits per heavy atom. The largest absolute Gasteiger partial charge is 0.327 e. The number of nitrogens with zero attached hydrogens (tertiary/aromatic N) is 1. The summed E-state index contributed by atoms with van der Waals surface area (Å²) >= 11 is 0. The quantitative estimate of drug-likeness (QED) is 0.810. The molecule has 0 amide bonds. The fourth-order valence-corrected chi connectivity index (χ4v) is 2.31. The molecule has 1 heterocycles. The van der Waals surface area contributed by atoms with Crippen molar-refractivity contribution in [1.82, 2.24) is 4.98 Å². The summed E-state index contributed by atoms with van der Waals surface area (Å²) in [6, 6.07) is 1.24. The first-order valence-corrected chi connectivity index (χ1v) is 5.76. The minimum Gasteiger partial charge on any atom is -0.327 e. The standard InChI is InChI=1S/C9H13FN2OS/c1-7(11)5-14(13)6-8-2-9(10)4-12-3-8/h2-4,7H,5-6,11H2,1H3. The van der Waals surface area contributed by atoms with E-state index >= 15 is 0 Å². The second-order valence-electron chi connectivity index (χ2n) is 3.24. The van der Waals surface area contributed by atoms with Crippen LogP contribution in [0.15, 0.2) is 18.5 Å². The van der Waals surface area contributed by atoms with E-state index in [-0.39, 0.29) is 6.04 Å². The molecule has 0 aliphatic carbocycles. The number of nitrogens with two attached hydrogens (primary N) is 1. The predicted octanol–water partition coefficient (Wildman–Crippen LogP) is 0.817. The lowest BCUT2D eigenvalue weighted by Gasteiger charge is -2.04. The van der Waals surface area contributed by atoms with Crippen LogP contribution in [0.2, 0.25) is 0 Å². The molecule has 0 fully saturated rings. The first kappa shape index (κ1) is 11.3. The molecule has 3 nitrogen and oxygen atoms in total. The average Bonchev–Trinajstić information content (AvgIpc) is 2.01. The Morgan fingerprint density at radius 2 is 2.36 bits per heavy atom. The summed E-state index contributed by atoms with van der Waals surface area (Å²) in [5.41, 5.74) is 6.14. The third-order valence-electron chi connectivity index (χ3n) is 1.54. The van der Waals surface area contributed by atoms with Crippen LogP contribution >= 0.6 is 0 Å². The zero-order valence-corrected chi connectivity index (χ0v) is 8.76. The van der Waals surface area contributed by atoms with Crippen LogP contribution in [0, 0.1) is 5.82 Å². The molecule has 1 rings (SSSR count). The minimum atomic E-state index is -1.04. The molecular formula is C9H13FN2OS. The van der Waals surface area contributed by atoms with E-state index in [9.17, 15) is 8.60 Å². The normalized spacial score (nSPS) is 15.1. The predicted molar refractivity (Wildman–Crippen MR) is 54.6 cm³/mol. The van der Waals surface area contributed by atoms with Crippen molar-refractivity contribution in [3.63, 3.8) is 0 Å². The molecule has 0 radical (unpaired) electrons. The van der Waals surface area contributed by atoms with Gasteiger partial charge in [0.25, 0.3) is 0 Å². The summed E-state index contributed by atoms with van der Waals surface area (Å²) in [5.74, 6) is 0.336. The van der Waals surface area contributed by atoms with E-state index < -0.39 is 16.6 Å². The van der Waals surface area contributed by atoms with Crippen molar-refractivity contribution in [2.24, 2.45) is 5.73 Å². The molecule has 2 atom stereocenters. The van der Waals surface area contributed by atoms with E-state index in [0.717, 1.165) is 6.20 Å². The highest BCUT2D eigenvalue weighted by atomic mass is 32.2. The molecule has 0 aromatic carbocycles. The Hall–Kier alpha value is -0.810. The van der Waals surface area contributed by atoms with Gasteiger partial charge in [-0.05, 0) is 18.6 Å². The van der Waals surface area contributed by atoms with E-state index in [1.54, 1.807) is 6.92 Å². The molecule has 0 spiro atoms. The maximum atomic E-state index is 12.7. The Bertz CT molecular complexity index is 330. The van der Waals surface area contributed by atoms with Gasteiger partial charge in [0.1, 0.15) is 5.82 Å². The molecule has 0 saturated heterocycles. The Balaban J connectivity index is 2.56. The number of aromatic nitrogens is 1. The number of hydrogen-bond donors (Lipinski definition) is 1. The summed E-state index contributed by atoms with van der Waals surface area (Å²) in [6.07, 6.45) is 2.64. The summed E-state index contributed by atoms with van der Waals surface area (Å²) < 4.78 is 24.1. The van der Waals surface area contributed by atoms with Crippen LogP contribution in [-0.4, -0.2) is 21.0 Å². The van der Waals surface area contributed by atoms with Crippen molar-refractivity contribution in [3.05, 3.63) is 29.8 Å². The van der Waals surface area contributed by atoms with Crippen molar-refractivity contribution in [3.8, 4) is 0 Å². The zero-order valence-electron chi connectivity index (χ0n) is 7.94. The Morgan fingerprint density at radius 1 is 1.64 bits per heavy atom. The maximum Gasteiger partial charge on any atom is 0.141 e. The van der Waals surface area contributed by atoms with Crippen molar-refractivity contribution < 1.29 is 8.60 Å². The van der Waals surface area contributed by atoms with E-state index in [1.165, 1.54) is 12.3 Å². The van der Waals surface area contributed by atoms with Crippen molar-refractivity contribution in [1.29, 1.82) is 0 Å². The minimum absolute atomic E-state index is 0.0997. The van der Waals surface area contributed by atoms with E-state index in [1.807, 2.05) is 0 Å². The fraction of sp³-hybridized carbons (Fsp3) is 0.444. The van der Waals surface area contributed by atoms with Gasteiger partial charge >= 0.3 is 0 Å². The highest BCUT2D eigenvalue weighted by molar-refractivity contribution is 7.84. The van der Waals surface area contributed by atoms with Gasteiger partial charge in [-0.3, -0.25) is 9.19 Å². The molecule has 78 valence electrons. The first-order valence-electron chi connectivity index (χ1n) is 4.28. The molecule has 14 heavy (non-hydrogen) atoms. The maximum absolute atomic E-state index is 12.7. The zero-order chi connectivity index (χ0) is 10.6. The van der Waals surface area contributed by atoms with Crippen LogP contribution in [0.1, 0.15) is 12.5 Å². The number of rotatable bonds is 4. The molecule has 2 unspecified atom stereocenters. The molecular weight excluding hydrogens is 203 g/mol. The first-order chi connectivity index (χ1) is 6.58. The van der Waals surface area contributed by atoms with Crippen molar-refractivity contribution >= 4 is 10.8 Å². The highest BCUT2D eigenvalue weighted by Crippen LogP contribution is 2.04. The van der Waals surface area contributed by atoms with Crippen LogP contribution in [0.4, 0.5) is 4.39 Å².